The summed E-state index contributed by atoms with van der Waals surface area (Å²) in [6.45, 7) is 0.461. The number of carboxylic acid groups (broad SMARTS) is 1. The molecule has 6 nitrogen and oxygen atoms in total. The number of carbonyl (C=O) groups excluding carboxylic acids is 1. The Morgan fingerprint density at radius 1 is 1.09 bits per heavy atom. The smallest absolute Gasteiger partial charge is 0.326 e. The second kappa shape index (κ2) is 10.7. The third-order valence-corrected chi connectivity index (χ3v) is 3.72. The number of unbranched alkanes of at least 4 members (excludes halogenated alkanes) is 1. The largest absolute Gasteiger partial charge is 0.480 e. The molecular formula is C17H27N3O3. The Morgan fingerprint density at radius 3 is 2.39 bits per heavy atom. The predicted octanol–water partition coefficient (Wildman–Crippen LogP) is 1.04. The molecule has 1 aromatic carbocycles. The van der Waals surface area contributed by atoms with Crippen molar-refractivity contribution < 1.29 is 14.7 Å². The fourth-order valence-electron chi connectivity index (χ4n) is 2.33. The molecule has 128 valence electrons. The van der Waals surface area contributed by atoms with Crippen molar-refractivity contribution in [3.8, 4) is 0 Å². The highest BCUT2D eigenvalue weighted by Crippen LogP contribution is 2.08. The molecule has 6 heteroatoms. The maximum absolute atomic E-state index is 11.9. The number of carboxylic acids is 1. The topological polar surface area (TPSA) is 118 Å². The highest BCUT2D eigenvalue weighted by Gasteiger charge is 2.22. The molecule has 0 aromatic heterocycles. The molecule has 0 saturated carbocycles. The van der Waals surface area contributed by atoms with Crippen LogP contribution in [0.4, 0.5) is 0 Å². The van der Waals surface area contributed by atoms with Crippen molar-refractivity contribution >= 4 is 11.9 Å². The predicted molar refractivity (Wildman–Crippen MR) is 89.8 cm³/mol. The minimum Gasteiger partial charge on any atom is -0.480 e. The van der Waals surface area contributed by atoms with Gasteiger partial charge in [-0.3, -0.25) is 4.79 Å². The number of aryl methyl sites for hydroxylation is 1. The molecule has 0 aliphatic carbocycles. The van der Waals surface area contributed by atoms with E-state index in [2.05, 4.69) is 5.32 Å². The molecule has 23 heavy (non-hydrogen) atoms. The molecule has 0 saturated heterocycles. The monoisotopic (exact) mass is 321 g/mol. The summed E-state index contributed by atoms with van der Waals surface area (Å²) in [5.74, 6) is -1.45. The Labute approximate surface area is 137 Å². The van der Waals surface area contributed by atoms with E-state index >= 15 is 0 Å². The zero-order valence-electron chi connectivity index (χ0n) is 13.4. The Hall–Kier alpha value is -1.92. The van der Waals surface area contributed by atoms with E-state index in [-0.39, 0.29) is 0 Å². The van der Waals surface area contributed by atoms with E-state index in [4.69, 9.17) is 11.5 Å². The van der Waals surface area contributed by atoms with E-state index in [0.29, 0.717) is 25.8 Å². The van der Waals surface area contributed by atoms with Crippen LogP contribution in [0.5, 0.6) is 0 Å². The summed E-state index contributed by atoms with van der Waals surface area (Å²) < 4.78 is 0. The summed E-state index contributed by atoms with van der Waals surface area (Å²) in [5.41, 5.74) is 12.3. The van der Waals surface area contributed by atoms with Gasteiger partial charge in [0.15, 0.2) is 0 Å². The van der Waals surface area contributed by atoms with E-state index in [1.54, 1.807) is 0 Å². The number of rotatable bonds is 11. The number of carbonyl (C=O) groups is 2. The number of amides is 1. The van der Waals surface area contributed by atoms with Gasteiger partial charge in [0, 0.05) is 0 Å². The molecule has 1 aromatic rings. The van der Waals surface area contributed by atoms with E-state index in [1.807, 2.05) is 30.3 Å². The number of nitrogens with two attached hydrogens (primary N) is 2. The van der Waals surface area contributed by atoms with Crippen LogP contribution in [0.25, 0.3) is 0 Å². The Bertz CT molecular complexity index is 479. The minimum absolute atomic E-state index is 0.400. The van der Waals surface area contributed by atoms with Crippen LogP contribution in [0, 0.1) is 0 Å². The number of benzene rings is 1. The summed E-state index contributed by atoms with van der Waals surface area (Å²) >= 11 is 0. The van der Waals surface area contributed by atoms with Crippen molar-refractivity contribution in [1.82, 2.24) is 5.32 Å². The molecule has 0 spiro atoms. The minimum atomic E-state index is -1.02. The van der Waals surface area contributed by atoms with Crippen LogP contribution in [0.3, 0.4) is 0 Å². The molecule has 0 aliphatic rings. The average molecular weight is 321 g/mol. The third-order valence-electron chi connectivity index (χ3n) is 3.72. The van der Waals surface area contributed by atoms with E-state index in [0.717, 1.165) is 19.3 Å². The van der Waals surface area contributed by atoms with E-state index < -0.39 is 24.0 Å². The lowest BCUT2D eigenvalue weighted by Crippen LogP contribution is -2.48. The second-order valence-electron chi connectivity index (χ2n) is 5.67. The first-order chi connectivity index (χ1) is 11.0. The van der Waals surface area contributed by atoms with Gasteiger partial charge in [0.25, 0.3) is 0 Å². The number of nitrogens with one attached hydrogen (secondary N) is 1. The zero-order chi connectivity index (χ0) is 17.1. The van der Waals surface area contributed by atoms with Crippen LogP contribution in [0.1, 0.15) is 37.7 Å². The standard InChI is InChI=1S/C17H27N3O3/c18-12-6-10-14(19)16(21)20-15(17(22)23)11-5-4-9-13-7-2-1-3-8-13/h1-3,7-8,14-15H,4-6,9-12,18-19H2,(H,20,21)(H,22,23)/t14-,15+/m1/s1. The lowest BCUT2D eigenvalue weighted by Gasteiger charge is -2.17. The number of hydrogen-bond donors (Lipinski definition) is 4. The molecule has 0 fully saturated rings. The van der Waals surface area contributed by atoms with Crippen LogP contribution in [0.2, 0.25) is 0 Å². The van der Waals surface area contributed by atoms with Crippen molar-refractivity contribution in [2.75, 3.05) is 6.54 Å². The van der Waals surface area contributed by atoms with Gasteiger partial charge < -0.3 is 21.9 Å². The second-order valence-corrected chi connectivity index (χ2v) is 5.67. The highest BCUT2D eigenvalue weighted by molar-refractivity contribution is 5.86. The SMILES string of the molecule is NCCC[C@@H](N)C(=O)N[C@@H](CCCCc1ccccc1)C(=O)O. The van der Waals surface area contributed by atoms with Crippen LogP contribution >= 0.6 is 0 Å². The van der Waals surface area contributed by atoms with Crippen molar-refractivity contribution in [2.24, 2.45) is 11.5 Å². The Morgan fingerprint density at radius 2 is 1.78 bits per heavy atom. The maximum Gasteiger partial charge on any atom is 0.326 e. The van der Waals surface area contributed by atoms with Crippen LogP contribution in [-0.4, -0.2) is 35.6 Å². The first-order valence-electron chi connectivity index (χ1n) is 8.07. The van der Waals surface area contributed by atoms with Gasteiger partial charge in [-0.2, -0.15) is 0 Å². The molecule has 6 N–H and O–H groups in total. The van der Waals surface area contributed by atoms with E-state index in [1.165, 1.54) is 5.56 Å². The average Bonchev–Trinajstić information content (AvgIpc) is 2.55. The molecule has 0 unspecified atom stereocenters. The lowest BCUT2D eigenvalue weighted by molar-refractivity contribution is -0.142. The molecule has 2 atom stereocenters. The third kappa shape index (κ3) is 7.76. The van der Waals surface area contributed by atoms with Gasteiger partial charge in [0.05, 0.1) is 6.04 Å². The number of aliphatic carboxylic acids is 1. The fourth-order valence-corrected chi connectivity index (χ4v) is 2.33. The molecule has 0 heterocycles. The molecule has 0 radical (unpaired) electrons. The van der Waals surface area contributed by atoms with Crippen LogP contribution in [0.15, 0.2) is 30.3 Å². The summed E-state index contributed by atoms with van der Waals surface area (Å²) in [4.78, 5) is 23.1. The summed E-state index contributed by atoms with van der Waals surface area (Å²) in [7, 11) is 0. The number of hydrogen-bond acceptors (Lipinski definition) is 4. The van der Waals surface area contributed by atoms with Gasteiger partial charge in [-0.1, -0.05) is 36.8 Å². The van der Waals surface area contributed by atoms with E-state index in [9.17, 15) is 14.7 Å². The first kappa shape index (κ1) is 19.1. The zero-order valence-corrected chi connectivity index (χ0v) is 13.4. The highest BCUT2D eigenvalue weighted by atomic mass is 16.4. The van der Waals surface area contributed by atoms with Gasteiger partial charge in [-0.15, -0.1) is 0 Å². The Kier molecular flexibility index (Phi) is 8.94. The van der Waals surface area contributed by atoms with Gasteiger partial charge in [-0.25, -0.2) is 4.79 Å². The molecule has 0 bridgehead atoms. The molecule has 0 aliphatic heterocycles. The van der Waals surface area contributed by atoms with Gasteiger partial charge in [0.1, 0.15) is 6.04 Å². The first-order valence-corrected chi connectivity index (χ1v) is 8.07. The summed E-state index contributed by atoms with van der Waals surface area (Å²) in [5, 5.41) is 11.7. The van der Waals surface area contributed by atoms with Crippen molar-refractivity contribution in [1.29, 1.82) is 0 Å². The van der Waals surface area contributed by atoms with Gasteiger partial charge in [0.2, 0.25) is 5.91 Å². The normalized spacial score (nSPS) is 13.3. The van der Waals surface area contributed by atoms with Crippen molar-refractivity contribution in [3.05, 3.63) is 35.9 Å². The van der Waals surface area contributed by atoms with Gasteiger partial charge >= 0.3 is 5.97 Å². The Balaban J connectivity index is 2.34. The van der Waals surface area contributed by atoms with Crippen molar-refractivity contribution in [2.45, 2.75) is 50.6 Å². The lowest BCUT2D eigenvalue weighted by atomic mass is 10.0. The quantitative estimate of drug-likeness (QED) is 0.454. The summed E-state index contributed by atoms with van der Waals surface area (Å²) in [6, 6.07) is 8.44. The molecule has 1 amide bonds. The van der Waals surface area contributed by atoms with Gasteiger partial charge in [-0.05, 0) is 44.2 Å². The van der Waals surface area contributed by atoms with Crippen LogP contribution < -0.4 is 16.8 Å². The maximum atomic E-state index is 11.9. The van der Waals surface area contributed by atoms with Crippen molar-refractivity contribution in [3.63, 3.8) is 0 Å². The molecular weight excluding hydrogens is 294 g/mol. The summed E-state index contributed by atoms with van der Waals surface area (Å²) in [6.07, 6.45) is 4.01. The fraction of sp³-hybridized carbons (Fsp3) is 0.529. The molecule has 1 rings (SSSR count). The van der Waals surface area contributed by atoms with Crippen LogP contribution in [-0.2, 0) is 16.0 Å².